The molecule has 6 atom stereocenters. The van der Waals surface area contributed by atoms with Crippen LogP contribution in [0.5, 0.6) is 0 Å². The van der Waals surface area contributed by atoms with Crippen LogP contribution in [0.15, 0.2) is 60.7 Å². The molecule has 0 radical (unpaired) electrons. The number of halogens is 6. The lowest BCUT2D eigenvalue weighted by Crippen LogP contribution is -2.41. The van der Waals surface area contributed by atoms with Gasteiger partial charge >= 0.3 is 12.4 Å². The van der Waals surface area contributed by atoms with Gasteiger partial charge in [-0.3, -0.25) is 9.59 Å². The first-order chi connectivity index (χ1) is 18.6. The Bertz CT molecular complexity index is 1040. The summed E-state index contributed by atoms with van der Waals surface area (Å²) in [5.74, 6) is -4.04. The summed E-state index contributed by atoms with van der Waals surface area (Å²) in [5.41, 5.74) is 1.73. The molecule has 0 saturated carbocycles. The van der Waals surface area contributed by atoms with Crippen LogP contribution in [0.1, 0.15) is 49.9 Å². The largest absolute Gasteiger partial charge is 0.415 e. The van der Waals surface area contributed by atoms with E-state index in [1.807, 2.05) is 60.7 Å². The molecular weight excluding hydrogens is 542 g/mol. The van der Waals surface area contributed by atoms with Gasteiger partial charge in [0.2, 0.25) is 11.8 Å². The second-order valence-electron chi connectivity index (χ2n) is 10.00. The fraction of sp³-hybridized carbons (Fsp3) is 0.500. The smallest absolute Gasteiger partial charge is 0.383 e. The zero-order valence-corrected chi connectivity index (χ0v) is 21.9. The molecule has 2 heterocycles. The van der Waals surface area contributed by atoms with Crippen molar-refractivity contribution < 1.29 is 46.1 Å². The predicted octanol–water partition coefficient (Wildman–Crippen LogP) is 5.04. The number of likely N-dealkylation sites (tertiary alicyclic amines) is 2. The zero-order valence-electron chi connectivity index (χ0n) is 21.9. The number of carbonyl (C=O) groups is 2. The van der Waals surface area contributed by atoms with Gasteiger partial charge in [-0.25, -0.2) is 0 Å². The molecule has 0 aromatic heterocycles. The first kappa shape index (κ1) is 31.4. The number of nitrogens with zero attached hydrogens (tertiary/aromatic N) is 2. The van der Waals surface area contributed by atoms with Crippen LogP contribution in [0.25, 0.3) is 0 Å². The van der Waals surface area contributed by atoms with Gasteiger partial charge in [0.25, 0.3) is 0 Å². The van der Waals surface area contributed by atoms with Gasteiger partial charge in [0.05, 0.1) is 23.9 Å². The molecule has 2 aliphatic rings. The molecule has 2 N–H and O–H groups in total. The molecule has 0 bridgehead atoms. The van der Waals surface area contributed by atoms with Gasteiger partial charge < -0.3 is 20.0 Å². The van der Waals surface area contributed by atoms with Crippen LogP contribution in [0.3, 0.4) is 0 Å². The predicted molar refractivity (Wildman–Crippen MR) is 133 cm³/mol. The van der Waals surface area contributed by atoms with Gasteiger partial charge in [0, 0.05) is 13.1 Å². The van der Waals surface area contributed by atoms with E-state index in [9.17, 15) is 46.1 Å². The minimum atomic E-state index is -4.76. The van der Waals surface area contributed by atoms with Crippen LogP contribution in [-0.2, 0) is 9.59 Å². The molecule has 2 aromatic rings. The van der Waals surface area contributed by atoms with Crippen molar-refractivity contribution >= 4 is 11.8 Å². The number of benzene rings is 2. The third-order valence-electron chi connectivity index (χ3n) is 7.49. The lowest BCUT2D eigenvalue weighted by molar-refractivity contribution is -0.218. The average molecular weight is 575 g/mol. The Labute approximate surface area is 228 Å². The highest BCUT2D eigenvalue weighted by Gasteiger charge is 2.51. The van der Waals surface area contributed by atoms with Crippen molar-refractivity contribution in [3.8, 4) is 0 Å². The maximum atomic E-state index is 12.5. The van der Waals surface area contributed by atoms with Crippen LogP contribution in [0.4, 0.5) is 26.3 Å². The lowest BCUT2D eigenvalue weighted by atomic mass is 10.0. The minimum absolute atomic E-state index is 0.0245. The fourth-order valence-corrected chi connectivity index (χ4v) is 5.08. The molecule has 2 aromatic carbocycles. The molecule has 0 aliphatic carbocycles. The summed E-state index contributed by atoms with van der Waals surface area (Å²) >= 11 is 0. The van der Waals surface area contributed by atoms with Crippen LogP contribution in [-0.4, -0.2) is 69.5 Å². The maximum Gasteiger partial charge on any atom is 0.415 e. The van der Waals surface area contributed by atoms with E-state index in [0.717, 1.165) is 11.1 Å². The monoisotopic (exact) mass is 574 g/mol. The third-order valence-corrected chi connectivity index (χ3v) is 7.49. The molecular formula is C28H32F6N2O4. The summed E-state index contributed by atoms with van der Waals surface area (Å²) in [7, 11) is 0. The summed E-state index contributed by atoms with van der Waals surface area (Å²) in [4.78, 5) is 26.9. The molecule has 2 aliphatic heterocycles. The first-order valence-corrected chi connectivity index (χ1v) is 12.8. The molecule has 12 heteroatoms. The Kier molecular flexibility index (Phi) is 9.89. The van der Waals surface area contributed by atoms with E-state index in [-0.39, 0.29) is 38.0 Å². The molecule has 2 fully saturated rings. The van der Waals surface area contributed by atoms with Crippen molar-refractivity contribution in [1.29, 1.82) is 0 Å². The van der Waals surface area contributed by atoms with Gasteiger partial charge in [0.1, 0.15) is 0 Å². The molecule has 2 saturated heterocycles. The molecule has 4 rings (SSSR count). The van der Waals surface area contributed by atoms with Crippen LogP contribution in [0.2, 0.25) is 0 Å². The molecule has 2 amide bonds. The van der Waals surface area contributed by atoms with Crippen LogP contribution in [0, 0.1) is 11.8 Å². The lowest BCUT2D eigenvalue weighted by Gasteiger charge is -2.26. The number of hydrogen-bond donors (Lipinski definition) is 2. The second kappa shape index (κ2) is 12.6. The van der Waals surface area contributed by atoms with E-state index < -0.39 is 48.2 Å². The van der Waals surface area contributed by atoms with E-state index in [2.05, 4.69) is 0 Å². The van der Waals surface area contributed by atoms with Gasteiger partial charge in [-0.1, -0.05) is 60.7 Å². The number of aliphatic hydroxyl groups excluding tert-OH is 2. The maximum absolute atomic E-state index is 12.5. The third kappa shape index (κ3) is 7.14. The number of aliphatic hydroxyl groups is 2. The van der Waals surface area contributed by atoms with Gasteiger partial charge in [-0.2, -0.15) is 26.3 Å². The quantitative estimate of drug-likeness (QED) is 0.474. The van der Waals surface area contributed by atoms with E-state index in [1.54, 1.807) is 13.8 Å². The summed E-state index contributed by atoms with van der Waals surface area (Å²) in [5, 5.41) is 18.5. The number of hydrogen-bond acceptors (Lipinski definition) is 4. The highest BCUT2D eigenvalue weighted by molar-refractivity contribution is 5.82. The highest BCUT2D eigenvalue weighted by atomic mass is 19.4. The fourth-order valence-electron chi connectivity index (χ4n) is 5.08. The van der Waals surface area contributed by atoms with Crippen LogP contribution < -0.4 is 0 Å². The molecule has 40 heavy (non-hydrogen) atoms. The Morgan fingerprint density at radius 3 is 1.23 bits per heavy atom. The van der Waals surface area contributed by atoms with Gasteiger partial charge in [-0.05, 0) is 37.8 Å². The van der Waals surface area contributed by atoms with Crippen molar-refractivity contribution in [3.63, 3.8) is 0 Å². The molecule has 0 spiro atoms. The Hall–Kier alpha value is -3.12. The van der Waals surface area contributed by atoms with E-state index in [4.69, 9.17) is 0 Å². The van der Waals surface area contributed by atoms with E-state index in [0.29, 0.717) is 0 Å². The summed E-state index contributed by atoms with van der Waals surface area (Å²) in [6, 6.07) is 17.6. The number of rotatable bonds is 6. The number of carbonyl (C=O) groups excluding carboxylic acids is 2. The second-order valence-corrected chi connectivity index (χ2v) is 10.00. The topological polar surface area (TPSA) is 81.1 Å². The first-order valence-electron chi connectivity index (χ1n) is 12.8. The standard InChI is InChI=1S/2C14H16F3NO2/c2*1-9(10-5-3-2-4-6-10)18-8-7-11(13(18)20)12(19)14(15,16)17/h2*2-6,9,11-12,19H,7-8H2,1H3/t9-,11?,12?;9-,11+,12+/m11/s1. The van der Waals surface area contributed by atoms with Gasteiger partial charge in [-0.15, -0.1) is 0 Å². The Morgan fingerprint density at radius 2 is 0.950 bits per heavy atom. The molecule has 6 nitrogen and oxygen atoms in total. The van der Waals surface area contributed by atoms with Crippen molar-refractivity contribution in [1.82, 2.24) is 9.80 Å². The summed E-state index contributed by atoms with van der Waals surface area (Å²) in [6.07, 6.45) is -14.6. The van der Waals surface area contributed by atoms with Gasteiger partial charge in [0.15, 0.2) is 12.2 Å². The summed E-state index contributed by atoms with van der Waals surface area (Å²) in [6.45, 7) is 4.00. The SMILES string of the molecule is C[C@H](c1ccccc1)N1CCC(C(O)C(F)(F)F)C1=O.C[C@H](c1ccccc1)N1CC[C@@H]([C@H](O)C(F)(F)F)C1=O. The molecule has 220 valence electrons. The number of alkyl halides is 6. The normalized spacial score (nSPS) is 22.9. The summed E-state index contributed by atoms with van der Waals surface area (Å²) < 4.78 is 75.0. The van der Waals surface area contributed by atoms with E-state index >= 15 is 0 Å². The number of amides is 2. The van der Waals surface area contributed by atoms with Crippen LogP contribution >= 0.6 is 0 Å². The van der Waals surface area contributed by atoms with E-state index in [1.165, 1.54) is 9.80 Å². The highest BCUT2D eigenvalue weighted by Crippen LogP contribution is 2.36. The molecule has 2 unspecified atom stereocenters. The Morgan fingerprint density at radius 1 is 0.650 bits per heavy atom. The average Bonchev–Trinajstić information content (AvgIpc) is 3.49. The van der Waals surface area contributed by atoms with Crippen molar-refractivity contribution in [2.24, 2.45) is 11.8 Å². The minimum Gasteiger partial charge on any atom is -0.383 e. The van der Waals surface area contributed by atoms with Crippen molar-refractivity contribution in [2.45, 2.75) is 63.3 Å². The Balaban J connectivity index is 0.000000220. The zero-order chi connectivity index (χ0) is 29.8. The van der Waals surface area contributed by atoms with Crippen molar-refractivity contribution in [3.05, 3.63) is 71.8 Å². The van der Waals surface area contributed by atoms with Crippen molar-refractivity contribution in [2.75, 3.05) is 13.1 Å².